The Morgan fingerprint density at radius 1 is 1.19 bits per heavy atom. The Morgan fingerprint density at radius 3 is 2.48 bits per heavy atom. The summed E-state index contributed by atoms with van der Waals surface area (Å²) >= 11 is 0. The van der Waals surface area contributed by atoms with Gasteiger partial charge in [0.05, 0.1) is 11.8 Å². The quantitative estimate of drug-likeness (QED) is 0.781. The molecule has 1 aliphatic heterocycles. The van der Waals surface area contributed by atoms with Gasteiger partial charge in [0, 0.05) is 13.1 Å². The van der Waals surface area contributed by atoms with Crippen molar-refractivity contribution in [3.8, 4) is 0 Å². The van der Waals surface area contributed by atoms with Crippen LogP contribution in [0.5, 0.6) is 0 Å². The van der Waals surface area contributed by atoms with E-state index in [2.05, 4.69) is 24.1 Å². The standard InChI is InChI=1S/C16H28N2O3/c1-3-11-7-13(14(8-11)16(20)21)15(19)17-9-12-5-6-18(4-2)10-12/h11-14H,3-10H2,1-2H3,(H,17,19)(H,20,21)/t11?,12?,13-,14+/m0/s1. The fourth-order valence-electron chi connectivity index (χ4n) is 3.78. The summed E-state index contributed by atoms with van der Waals surface area (Å²) in [4.78, 5) is 26.1. The Hall–Kier alpha value is -1.10. The summed E-state index contributed by atoms with van der Waals surface area (Å²) < 4.78 is 0. The van der Waals surface area contributed by atoms with Crippen molar-refractivity contribution in [1.29, 1.82) is 0 Å². The van der Waals surface area contributed by atoms with Crippen molar-refractivity contribution < 1.29 is 14.7 Å². The summed E-state index contributed by atoms with van der Waals surface area (Å²) in [5.41, 5.74) is 0. The first kappa shape index (κ1) is 16.3. The third-order valence-corrected chi connectivity index (χ3v) is 5.27. The molecule has 1 saturated heterocycles. The zero-order valence-electron chi connectivity index (χ0n) is 13.2. The molecule has 0 radical (unpaired) electrons. The Morgan fingerprint density at radius 2 is 1.90 bits per heavy atom. The minimum absolute atomic E-state index is 0.0479. The number of rotatable bonds is 6. The fraction of sp³-hybridized carbons (Fsp3) is 0.875. The number of carbonyl (C=O) groups is 2. The van der Waals surface area contributed by atoms with E-state index in [4.69, 9.17) is 0 Å². The maximum absolute atomic E-state index is 12.3. The number of carbonyl (C=O) groups excluding carboxylic acids is 1. The highest BCUT2D eigenvalue weighted by molar-refractivity contribution is 5.85. The minimum Gasteiger partial charge on any atom is -0.481 e. The van der Waals surface area contributed by atoms with E-state index >= 15 is 0 Å². The van der Waals surface area contributed by atoms with Gasteiger partial charge in [-0.25, -0.2) is 0 Å². The third-order valence-electron chi connectivity index (χ3n) is 5.27. The van der Waals surface area contributed by atoms with Crippen LogP contribution in [-0.2, 0) is 9.59 Å². The summed E-state index contributed by atoms with van der Waals surface area (Å²) in [5.74, 6) is -0.802. The van der Waals surface area contributed by atoms with Crippen LogP contribution in [0.25, 0.3) is 0 Å². The van der Waals surface area contributed by atoms with Gasteiger partial charge in [-0.15, -0.1) is 0 Å². The van der Waals surface area contributed by atoms with Crippen molar-refractivity contribution in [2.75, 3.05) is 26.2 Å². The summed E-state index contributed by atoms with van der Waals surface area (Å²) in [7, 11) is 0. The number of likely N-dealkylation sites (tertiary alicyclic amines) is 1. The SMILES string of the molecule is CCC1C[C@H](C(=O)NCC2CCN(CC)C2)[C@H](C(=O)O)C1. The fourth-order valence-corrected chi connectivity index (χ4v) is 3.78. The molecule has 5 heteroatoms. The van der Waals surface area contributed by atoms with Crippen LogP contribution in [0, 0.1) is 23.7 Å². The monoisotopic (exact) mass is 296 g/mol. The van der Waals surface area contributed by atoms with E-state index in [-0.39, 0.29) is 11.8 Å². The lowest BCUT2D eigenvalue weighted by atomic mass is 9.95. The first-order chi connectivity index (χ1) is 10.0. The van der Waals surface area contributed by atoms with E-state index in [9.17, 15) is 14.7 Å². The molecule has 2 N–H and O–H groups in total. The second kappa shape index (κ2) is 7.25. The van der Waals surface area contributed by atoms with Crippen LogP contribution in [0.4, 0.5) is 0 Å². The van der Waals surface area contributed by atoms with E-state index in [0.29, 0.717) is 24.8 Å². The van der Waals surface area contributed by atoms with Crippen molar-refractivity contribution >= 4 is 11.9 Å². The van der Waals surface area contributed by atoms with Gasteiger partial charge in [0.25, 0.3) is 0 Å². The lowest BCUT2D eigenvalue weighted by Crippen LogP contribution is -2.38. The van der Waals surface area contributed by atoms with Crippen molar-refractivity contribution in [1.82, 2.24) is 10.2 Å². The van der Waals surface area contributed by atoms with Crippen LogP contribution in [0.15, 0.2) is 0 Å². The average Bonchev–Trinajstić information content (AvgIpc) is 3.11. The molecule has 2 rings (SSSR count). The van der Waals surface area contributed by atoms with E-state index < -0.39 is 11.9 Å². The van der Waals surface area contributed by atoms with Gasteiger partial charge in [0.2, 0.25) is 5.91 Å². The van der Waals surface area contributed by atoms with Gasteiger partial charge in [-0.1, -0.05) is 20.3 Å². The number of hydrogen-bond acceptors (Lipinski definition) is 3. The lowest BCUT2D eigenvalue weighted by Gasteiger charge is -2.18. The van der Waals surface area contributed by atoms with E-state index in [1.54, 1.807) is 0 Å². The zero-order chi connectivity index (χ0) is 15.4. The average molecular weight is 296 g/mol. The molecule has 0 aromatic carbocycles. The van der Waals surface area contributed by atoms with Crippen LogP contribution in [0.1, 0.15) is 39.5 Å². The number of nitrogens with one attached hydrogen (secondary N) is 1. The van der Waals surface area contributed by atoms with Gasteiger partial charge in [-0.2, -0.15) is 0 Å². The van der Waals surface area contributed by atoms with Gasteiger partial charge in [-0.05, 0) is 44.2 Å². The van der Waals surface area contributed by atoms with Crippen LogP contribution in [0.3, 0.4) is 0 Å². The van der Waals surface area contributed by atoms with Crippen LogP contribution in [-0.4, -0.2) is 48.1 Å². The number of aliphatic carboxylic acids is 1. The van der Waals surface area contributed by atoms with E-state index in [1.807, 2.05) is 0 Å². The second-order valence-electron chi connectivity index (χ2n) is 6.59. The molecule has 0 bridgehead atoms. The maximum Gasteiger partial charge on any atom is 0.307 e. The number of carboxylic acid groups (broad SMARTS) is 1. The normalized spacial score (nSPS) is 33.2. The van der Waals surface area contributed by atoms with Crippen molar-refractivity contribution in [3.05, 3.63) is 0 Å². The zero-order valence-corrected chi connectivity index (χ0v) is 13.2. The molecule has 0 aromatic rings. The molecule has 2 unspecified atom stereocenters. The molecule has 1 amide bonds. The number of carboxylic acids is 1. The highest BCUT2D eigenvalue weighted by atomic mass is 16.4. The van der Waals surface area contributed by atoms with E-state index in [1.165, 1.54) is 0 Å². The molecule has 2 aliphatic rings. The Kier molecular flexibility index (Phi) is 5.62. The topological polar surface area (TPSA) is 69.6 Å². The molecule has 0 aromatic heterocycles. The summed E-state index contributed by atoms with van der Waals surface area (Å²) in [6, 6.07) is 0. The van der Waals surface area contributed by atoms with Gasteiger partial charge in [0.1, 0.15) is 0 Å². The molecule has 120 valence electrons. The number of hydrogen-bond donors (Lipinski definition) is 2. The molecule has 2 fully saturated rings. The predicted molar refractivity (Wildman–Crippen MR) is 80.9 cm³/mol. The molecule has 4 atom stereocenters. The molecule has 5 nitrogen and oxygen atoms in total. The van der Waals surface area contributed by atoms with E-state index in [0.717, 1.165) is 38.9 Å². The molecule has 1 aliphatic carbocycles. The van der Waals surface area contributed by atoms with Gasteiger partial charge in [-0.3, -0.25) is 9.59 Å². The molecule has 1 heterocycles. The first-order valence-corrected chi connectivity index (χ1v) is 8.27. The Labute approximate surface area is 127 Å². The minimum atomic E-state index is -0.816. The lowest BCUT2D eigenvalue weighted by molar-refractivity contribution is -0.146. The molecule has 1 saturated carbocycles. The highest BCUT2D eigenvalue weighted by Crippen LogP contribution is 2.38. The van der Waals surface area contributed by atoms with Gasteiger partial charge < -0.3 is 15.3 Å². The summed E-state index contributed by atoms with van der Waals surface area (Å²) in [5, 5.41) is 12.3. The Bertz CT molecular complexity index is 386. The molecule has 0 spiro atoms. The molecule has 21 heavy (non-hydrogen) atoms. The van der Waals surface area contributed by atoms with Crippen molar-refractivity contribution in [2.45, 2.75) is 39.5 Å². The number of amides is 1. The first-order valence-electron chi connectivity index (χ1n) is 8.27. The molecular weight excluding hydrogens is 268 g/mol. The number of nitrogens with zero attached hydrogens (tertiary/aromatic N) is 1. The summed E-state index contributed by atoms with van der Waals surface area (Å²) in [6.07, 6.45) is 3.46. The summed E-state index contributed by atoms with van der Waals surface area (Å²) in [6.45, 7) is 8.13. The van der Waals surface area contributed by atoms with Crippen LogP contribution < -0.4 is 5.32 Å². The second-order valence-corrected chi connectivity index (χ2v) is 6.59. The maximum atomic E-state index is 12.3. The Balaban J connectivity index is 1.83. The predicted octanol–water partition coefficient (Wildman–Crippen LogP) is 1.58. The van der Waals surface area contributed by atoms with Gasteiger partial charge >= 0.3 is 5.97 Å². The highest BCUT2D eigenvalue weighted by Gasteiger charge is 2.42. The smallest absolute Gasteiger partial charge is 0.307 e. The van der Waals surface area contributed by atoms with Crippen LogP contribution >= 0.6 is 0 Å². The third kappa shape index (κ3) is 3.96. The van der Waals surface area contributed by atoms with Crippen molar-refractivity contribution in [2.24, 2.45) is 23.7 Å². The largest absolute Gasteiger partial charge is 0.481 e. The van der Waals surface area contributed by atoms with Crippen LogP contribution in [0.2, 0.25) is 0 Å². The van der Waals surface area contributed by atoms with Gasteiger partial charge in [0.15, 0.2) is 0 Å². The molecular formula is C16H28N2O3. The van der Waals surface area contributed by atoms with Crippen molar-refractivity contribution in [3.63, 3.8) is 0 Å².